The molecule has 168 valence electrons. The number of carbonyl (C=O) groups excluding carboxylic acids is 1. The Morgan fingerprint density at radius 3 is 2.39 bits per heavy atom. The molecule has 0 aliphatic heterocycles. The van der Waals surface area contributed by atoms with Crippen LogP contribution >= 0.6 is 0 Å². The van der Waals surface area contributed by atoms with Gasteiger partial charge in [0, 0.05) is 36.5 Å². The van der Waals surface area contributed by atoms with Gasteiger partial charge in [-0.15, -0.1) is 0 Å². The smallest absolute Gasteiger partial charge is 0.271 e. The first kappa shape index (κ1) is 22.2. The van der Waals surface area contributed by atoms with Crippen LogP contribution in [0, 0.1) is 0 Å². The van der Waals surface area contributed by atoms with Gasteiger partial charge in [0.1, 0.15) is 5.69 Å². The van der Waals surface area contributed by atoms with E-state index in [0.29, 0.717) is 19.6 Å². The van der Waals surface area contributed by atoms with Crippen LogP contribution in [-0.2, 0) is 19.6 Å². The molecule has 2 aromatic carbocycles. The summed E-state index contributed by atoms with van der Waals surface area (Å²) in [7, 11) is 0. The molecule has 0 saturated heterocycles. The zero-order valence-electron chi connectivity index (χ0n) is 18.6. The molecule has 4 rings (SSSR count). The highest BCUT2D eigenvalue weighted by molar-refractivity contribution is 5.92. The van der Waals surface area contributed by atoms with E-state index in [1.54, 1.807) is 0 Å². The van der Waals surface area contributed by atoms with Crippen molar-refractivity contribution in [3.63, 3.8) is 0 Å². The van der Waals surface area contributed by atoms with Gasteiger partial charge in [-0.2, -0.15) is 10.2 Å². The maximum atomic E-state index is 12.8. The maximum absolute atomic E-state index is 12.8. The molecule has 4 aromatic rings. The number of nitrogens with one attached hydrogen (secondary N) is 1. The SMILES string of the molecule is CCCCn1nc(C(=O)NCc2cn(Cc3ccccc3)nc2-c2ccccc2)ccc1=O. The Kier molecular flexibility index (Phi) is 7.09. The number of hydrogen-bond acceptors (Lipinski definition) is 4. The Hall–Kier alpha value is -4.00. The fourth-order valence-corrected chi connectivity index (χ4v) is 3.59. The number of aryl methyl sites for hydroxylation is 1. The minimum absolute atomic E-state index is 0.200. The van der Waals surface area contributed by atoms with Crippen molar-refractivity contribution in [2.24, 2.45) is 0 Å². The monoisotopic (exact) mass is 441 g/mol. The minimum atomic E-state index is -0.324. The first-order valence-electron chi connectivity index (χ1n) is 11.2. The number of amides is 1. The quantitative estimate of drug-likeness (QED) is 0.427. The summed E-state index contributed by atoms with van der Waals surface area (Å²) in [5, 5.41) is 12.0. The molecule has 0 fully saturated rings. The van der Waals surface area contributed by atoms with E-state index >= 15 is 0 Å². The fraction of sp³-hybridized carbons (Fsp3) is 0.231. The van der Waals surface area contributed by atoms with E-state index in [1.165, 1.54) is 16.8 Å². The number of hydrogen-bond donors (Lipinski definition) is 1. The highest BCUT2D eigenvalue weighted by Gasteiger charge is 2.15. The third-order valence-corrected chi connectivity index (χ3v) is 5.33. The first-order valence-corrected chi connectivity index (χ1v) is 11.2. The van der Waals surface area contributed by atoms with E-state index in [1.807, 2.05) is 66.3 Å². The highest BCUT2D eigenvalue weighted by Crippen LogP contribution is 2.22. The van der Waals surface area contributed by atoms with Crippen molar-refractivity contribution in [2.75, 3.05) is 0 Å². The number of aromatic nitrogens is 4. The molecule has 7 heteroatoms. The first-order chi connectivity index (χ1) is 16.1. The largest absolute Gasteiger partial charge is 0.346 e. The summed E-state index contributed by atoms with van der Waals surface area (Å²) in [5.41, 5.74) is 3.89. The van der Waals surface area contributed by atoms with Gasteiger partial charge in [0.15, 0.2) is 0 Å². The van der Waals surface area contributed by atoms with E-state index in [2.05, 4.69) is 22.5 Å². The molecule has 0 radical (unpaired) electrons. The van der Waals surface area contributed by atoms with Crippen molar-refractivity contribution < 1.29 is 4.79 Å². The normalized spacial score (nSPS) is 10.8. The predicted molar refractivity (Wildman–Crippen MR) is 128 cm³/mol. The van der Waals surface area contributed by atoms with Gasteiger partial charge < -0.3 is 5.32 Å². The average Bonchev–Trinajstić information content (AvgIpc) is 3.25. The zero-order valence-corrected chi connectivity index (χ0v) is 18.6. The predicted octanol–water partition coefficient (Wildman–Crippen LogP) is 3.89. The maximum Gasteiger partial charge on any atom is 0.271 e. The van der Waals surface area contributed by atoms with Crippen LogP contribution in [0.3, 0.4) is 0 Å². The molecule has 0 unspecified atom stereocenters. The van der Waals surface area contributed by atoms with Gasteiger partial charge in [0.2, 0.25) is 0 Å². The van der Waals surface area contributed by atoms with Gasteiger partial charge in [0.05, 0.1) is 12.2 Å². The Bertz CT molecular complexity index is 1260. The van der Waals surface area contributed by atoms with Gasteiger partial charge in [-0.3, -0.25) is 14.3 Å². The molecule has 1 amide bonds. The summed E-state index contributed by atoms with van der Waals surface area (Å²) in [6, 6.07) is 22.9. The molecule has 2 aromatic heterocycles. The molecule has 0 spiro atoms. The third kappa shape index (κ3) is 5.63. The van der Waals surface area contributed by atoms with Gasteiger partial charge in [-0.25, -0.2) is 4.68 Å². The van der Waals surface area contributed by atoms with Crippen LogP contribution in [0.25, 0.3) is 11.3 Å². The van der Waals surface area contributed by atoms with Crippen molar-refractivity contribution in [3.8, 4) is 11.3 Å². The summed E-state index contributed by atoms with van der Waals surface area (Å²) in [5.74, 6) is -0.324. The van der Waals surface area contributed by atoms with Gasteiger partial charge in [-0.1, -0.05) is 74.0 Å². The molecule has 1 N–H and O–H groups in total. The summed E-state index contributed by atoms with van der Waals surface area (Å²) in [6.45, 7) is 3.48. The van der Waals surface area contributed by atoms with Crippen LogP contribution in [-0.4, -0.2) is 25.5 Å². The molecule has 0 saturated carbocycles. The van der Waals surface area contributed by atoms with Gasteiger partial charge in [0.25, 0.3) is 11.5 Å². The second-order valence-electron chi connectivity index (χ2n) is 7.87. The molecule has 2 heterocycles. The molecule has 33 heavy (non-hydrogen) atoms. The van der Waals surface area contributed by atoms with Crippen LogP contribution in [0.1, 0.15) is 41.4 Å². The third-order valence-electron chi connectivity index (χ3n) is 5.33. The van der Waals surface area contributed by atoms with Crippen LogP contribution in [0.5, 0.6) is 0 Å². The van der Waals surface area contributed by atoms with Crippen LogP contribution < -0.4 is 10.9 Å². The van der Waals surface area contributed by atoms with E-state index in [0.717, 1.165) is 35.2 Å². The summed E-state index contributed by atoms with van der Waals surface area (Å²) in [4.78, 5) is 24.8. The van der Waals surface area contributed by atoms with E-state index in [9.17, 15) is 9.59 Å². The van der Waals surface area contributed by atoms with Crippen molar-refractivity contribution in [3.05, 3.63) is 106 Å². The molecule has 0 bridgehead atoms. The van der Waals surface area contributed by atoms with Crippen LogP contribution in [0.15, 0.2) is 83.8 Å². The summed E-state index contributed by atoms with van der Waals surface area (Å²) < 4.78 is 3.24. The number of rotatable bonds is 9. The lowest BCUT2D eigenvalue weighted by Gasteiger charge is -2.08. The zero-order chi connectivity index (χ0) is 23.0. The van der Waals surface area contributed by atoms with Crippen LogP contribution in [0.4, 0.5) is 0 Å². The van der Waals surface area contributed by atoms with E-state index in [-0.39, 0.29) is 17.2 Å². The summed E-state index contributed by atoms with van der Waals surface area (Å²) >= 11 is 0. The van der Waals surface area contributed by atoms with E-state index in [4.69, 9.17) is 5.10 Å². The Labute approximate surface area is 192 Å². The molecular weight excluding hydrogens is 414 g/mol. The number of benzene rings is 2. The average molecular weight is 442 g/mol. The minimum Gasteiger partial charge on any atom is -0.346 e. The lowest BCUT2D eigenvalue weighted by atomic mass is 10.1. The molecule has 0 aliphatic rings. The topological polar surface area (TPSA) is 81.8 Å². The number of unbranched alkanes of at least 4 members (excludes halogenated alkanes) is 1. The second kappa shape index (κ2) is 10.5. The highest BCUT2D eigenvalue weighted by atomic mass is 16.2. The Morgan fingerprint density at radius 2 is 1.67 bits per heavy atom. The van der Waals surface area contributed by atoms with Crippen molar-refractivity contribution in [2.45, 2.75) is 39.4 Å². The molecule has 0 atom stereocenters. The molecule has 0 aliphatic carbocycles. The van der Waals surface area contributed by atoms with Crippen molar-refractivity contribution >= 4 is 5.91 Å². The van der Waals surface area contributed by atoms with Gasteiger partial charge >= 0.3 is 0 Å². The van der Waals surface area contributed by atoms with Crippen molar-refractivity contribution in [1.29, 1.82) is 0 Å². The van der Waals surface area contributed by atoms with Crippen molar-refractivity contribution in [1.82, 2.24) is 24.9 Å². The second-order valence-corrected chi connectivity index (χ2v) is 7.87. The number of nitrogens with zero attached hydrogens (tertiary/aromatic N) is 4. The van der Waals surface area contributed by atoms with Gasteiger partial charge in [-0.05, 0) is 18.1 Å². The molecular formula is C26H27N5O2. The summed E-state index contributed by atoms with van der Waals surface area (Å²) in [6.07, 6.45) is 3.74. The lowest BCUT2D eigenvalue weighted by Crippen LogP contribution is -2.29. The number of carbonyl (C=O) groups is 1. The fourth-order valence-electron chi connectivity index (χ4n) is 3.59. The Morgan fingerprint density at radius 1 is 0.939 bits per heavy atom. The standard InChI is InChI=1S/C26H27N5O2/c1-2-3-16-31-24(32)15-14-23(28-31)26(33)27-17-22-19-30(18-20-10-6-4-7-11-20)29-25(22)21-12-8-5-9-13-21/h4-15,19H,2-3,16-18H2,1H3,(H,27,33). The van der Waals surface area contributed by atoms with E-state index < -0.39 is 0 Å². The molecule has 7 nitrogen and oxygen atoms in total. The van der Waals surface area contributed by atoms with Crippen LogP contribution in [0.2, 0.25) is 0 Å². The Balaban J connectivity index is 1.54. The lowest BCUT2D eigenvalue weighted by molar-refractivity contribution is 0.0943.